The maximum absolute atomic E-state index is 15.7. The highest BCUT2D eigenvalue weighted by Crippen LogP contribution is 2.37. The minimum Gasteiger partial charge on any atom is -0.445 e. The molecule has 0 aliphatic rings. The van der Waals surface area contributed by atoms with Gasteiger partial charge < -0.3 is 92.9 Å². The summed E-state index contributed by atoms with van der Waals surface area (Å²) in [6.45, 7) is 29.6. The fourth-order valence-corrected chi connectivity index (χ4v) is 22.1. The van der Waals surface area contributed by atoms with Crippen molar-refractivity contribution in [1.82, 2.24) is 83.7 Å². The molecular weight excluding hydrogens is 1750 g/mol. The Kier molecular flexibility index (Phi) is 36.5. The summed E-state index contributed by atoms with van der Waals surface area (Å²) in [5, 5.41) is 39.7. The van der Waals surface area contributed by atoms with Gasteiger partial charge in [-0.2, -0.15) is 0 Å². The molecule has 0 fully saturated rings. The van der Waals surface area contributed by atoms with Gasteiger partial charge in [-0.05, 0) is 129 Å². The Morgan fingerprint density at radius 2 is 0.577 bits per heavy atom. The highest BCUT2D eigenvalue weighted by Gasteiger charge is 2.50. The number of benzene rings is 7. The smallest absolute Gasteiger partial charge is 0.408 e. The van der Waals surface area contributed by atoms with Crippen LogP contribution in [0.15, 0.2) is 213 Å². The monoisotopic (exact) mass is 1890 g/mol. The number of carbonyl (C=O) groups is 12. The van der Waals surface area contributed by atoms with E-state index in [9.17, 15) is 19.2 Å². The van der Waals surface area contributed by atoms with E-state index in [4.69, 9.17) is 9.16 Å². The van der Waals surface area contributed by atoms with Gasteiger partial charge in [0.25, 0.3) is 8.32 Å². The van der Waals surface area contributed by atoms with Crippen molar-refractivity contribution < 1.29 is 66.7 Å². The lowest BCUT2D eigenvalue weighted by Crippen LogP contribution is -2.67. The van der Waals surface area contributed by atoms with Crippen LogP contribution in [0.1, 0.15) is 158 Å². The van der Waals surface area contributed by atoms with Crippen LogP contribution in [-0.2, 0) is 94.2 Å². The van der Waals surface area contributed by atoms with Crippen LogP contribution >= 0.6 is 0 Å². The van der Waals surface area contributed by atoms with Crippen molar-refractivity contribution in [1.29, 1.82) is 0 Å². The topological polar surface area (TPSA) is 431 Å². The molecule has 11 atom stereocenters. The number of hydrogen-bond donors (Lipinski definition) is 16. The highest BCUT2D eigenvalue weighted by molar-refractivity contribution is 6.99. The molecular formula is C106H136N16O14Si. The number of fused-ring (bicyclic) bond motifs is 4. The SMILES string of the molecule is CC(C)C[C@H](NC(=O)[C@H](Cc1c[nH]c2ccccc12)NC(=O)[C@H](CC(C)C)NC(=O)[C@H](Cc1c[nH]c2ccccc12)NC(=O)[C@H](CC(C)C)NC(=O)[C@H](Cc1c[nH]c2ccccc12)NC(=O)[C@@H](NC(=O)[C@@H](NC(=O)[C@@H](NC(=O)[C@H](C)NC(=O)OCc1ccccc1)C(C)C)C(C)C)C(C)C)C(=O)N[C@@H](Cc1c[nH]c2ccccc12)C(=O)NCCO[Si](c1ccccc1)(c1ccccc1)C(C)(C)C. The van der Waals surface area contributed by atoms with Gasteiger partial charge in [-0.3, -0.25) is 52.7 Å². The highest BCUT2D eigenvalue weighted by atomic mass is 28.4. The normalized spacial score (nSPS) is 14.3. The molecule has 0 saturated heterocycles. The number of rotatable bonds is 47. The van der Waals surface area contributed by atoms with Crippen LogP contribution in [0.5, 0.6) is 0 Å². The van der Waals surface area contributed by atoms with Crippen LogP contribution in [-0.4, -0.2) is 179 Å². The van der Waals surface area contributed by atoms with E-state index < -0.39 is 164 Å². The van der Waals surface area contributed by atoms with Crippen LogP contribution < -0.4 is 74.2 Å². The zero-order valence-corrected chi connectivity index (χ0v) is 82.3. The molecule has 12 amide bonds. The van der Waals surface area contributed by atoms with Crippen molar-refractivity contribution in [3.05, 3.63) is 241 Å². The van der Waals surface area contributed by atoms with Crippen LogP contribution in [0.4, 0.5) is 4.79 Å². The minimum atomic E-state index is -3.03. The van der Waals surface area contributed by atoms with Crippen molar-refractivity contribution in [2.45, 2.75) is 234 Å². The van der Waals surface area contributed by atoms with Crippen LogP contribution in [0.2, 0.25) is 5.04 Å². The number of alkyl carbamates (subject to hydrolysis) is 1. The van der Waals surface area contributed by atoms with E-state index in [1.165, 1.54) is 6.92 Å². The van der Waals surface area contributed by atoms with E-state index in [1.54, 1.807) is 84.4 Å². The van der Waals surface area contributed by atoms with Crippen molar-refractivity contribution >= 4 is 133 Å². The standard InChI is InChI=1S/C106H136N16O14Si/c1-62(2)50-84(96(125)116-87(53-70-57-108-80-44-30-26-40-76(70)80)95(124)107-48-49-136-137(106(14,15)16,74-36-22-18-23-37-74)75-38-24-19-25-39-75)113-99(128)88(54-71-58-109-81-45-31-27-41-77(71)81)117-97(126)85(51-63(3)4)114-100(129)89(55-72-59-110-82-46-32-28-42-78(72)82)118-98(127)86(52-64(5)6)115-101(130)90(56-73-60-111-83-47-33-29-43-79(73)83)119-102(131)91(65(7)8)121-104(133)93(67(11)12)122-103(132)92(66(9)10)120-94(123)68(13)112-105(134)135-61-69-34-20-17-21-35-69/h17-47,57-60,62-68,84-93,108-111H,48-56,61H2,1-16H3,(H,107,124)(H,112,134)(H,113,128)(H,114,129)(H,115,130)(H,116,125)(H,117,126)(H,118,127)(H,119,131)(H,120,123)(H,121,133)(H,122,132)/t68-,84-,85-,86-,87-,88-,89-,90-,91-,92-,93-/m0/s1. The molecule has 0 spiro atoms. The molecule has 0 saturated carbocycles. The lowest BCUT2D eigenvalue weighted by atomic mass is 9.97. The predicted molar refractivity (Wildman–Crippen MR) is 536 cm³/mol. The number of nitrogens with one attached hydrogen (secondary N) is 16. The largest absolute Gasteiger partial charge is 0.445 e. The first kappa shape index (κ1) is 104. The number of hydrogen-bond acceptors (Lipinski definition) is 14. The van der Waals surface area contributed by atoms with E-state index in [0.717, 1.165) is 65.1 Å². The molecule has 4 aromatic heterocycles. The second kappa shape index (κ2) is 48.2. The summed E-state index contributed by atoms with van der Waals surface area (Å²) in [4.78, 5) is 192. The van der Waals surface area contributed by atoms with E-state index in [2.05, 4.69) is 129 Å². The Balaban J connectivity index is 0.826. The molecule has 31 heteroatoms. The Hall–Kier alpha value is -13.7. The third-order valence-corrected chi connectivity index (χ3v) is 29.8. The summed E-state index contributed by atoms with van der Waals surface area (Å²) in [7, 11) is -3.03. The van der Waals surface area contributed by atoms with Gasteiger partial charge in [-0.25, -0.2) is 4.79 Å². The summed E-state index contributed by atoms with van der Waals surface area (Å²) in [5.74, 6) is -10.4. The van der Waals surface area contributed by atoms with Gasteiger partial charge in [0.05, 0.1) is 6.61 Å². The van der Waals surface area contributed by atoms with Gasteiger partial charge in [0.1, 0.15) is 73.1 Å². The first-order chi connectivity index (χ1) is 65.4. The van der Waals surface area contributed by atoms with E-state index in [-0.39, 0.29) is 87.5 Å². The van der Waals surface area contributed by atoms with Crippen LogP contribution in [0, 0.1) is 35.5 Å². The lowest BCUT2D eigenvalue weighted by Gasteiger charge is -2.43. The molecule has 11 rings (SSSR count). The average Bonchev–Trinajstić information content (AvgIpc) is 1.51. The van der Waals surface area contributed by atoms with Crippen LogP contribution in [0.25, 0.3) is 43.6 Å². The molecule has 0 unspecified atom stereocenters. The van der Waals surface area contributed by atoms with Gasteiger partial charge in [0.15, 0.2) is 0 Å². The zero-order valence-electron chi connectivity index (χ0n) is 81.3. The number of ether oxygens (including phenoxy) is 1. The molecule has 0 bridgehead atoms. The maximum Gasteiger partial charge on any atom is 0.408 e. The van der Waals surface area contributed by atoms with Crippen molar-refractivity contribution in [2.75, 3.05) is 13.2 Å². The molecule has 16 N–H and O–H groups in total. The molecule has 728 valence electrons. The zero-order chi connectivity index (χ0) is 99.0. The van der Waals surface area contributed by atoms with Crippen molar-refractivity contribution in [2.24, 2.45) is 35.5 Å². The Bertz CT molecular complexity index is 5920. The van der Waals surface area contributed by atoms with Gasteiger partial charge in [0.2, 0.25) is 65.0 Å². The Labute approximate surface area is 802 Å². The number of aromatic nitrogens is 4. The number of H-pyrrole nitrogens is 4. The quantitative estimate of drug-likeness (QED) is 0.0125. The maximum atomic E-state index is 15.7. The van der Waals surface area contributed by atoms with Crippen molar-refractivity contribution in [3.8, 4) is 0 Å². The third kappa shape index (κ3) is 27.8. The third-order valence-electron chi connectivity index (χ3n) is 24.8. The fraction of sp³-hybridized carbons (Fsp3) is 0.415. The van der Waals surface area contributed by atoms with Gasteiger partial charge >= 0.3 is 6.09 Å². The molecule has 0 radical (unpaired) electrons. The summed E-state index contributed by atoms with van der Waals surface area (Å²) in [6.07, 6.45) is 5.97. The number of para-hydroxylation sites is 4. The molecule has 4 heterocycles. The molecule has 137 heavy (non-hydrogen) atoms. The second-order valence-corrected chi connectivity index (χ2v) is 43.3. The summed E-state index contributed by atoms with van der Waals surface area (Å²) in [5.41, 5.74) is 6.43. The number of carbonyl (C=O) groups excluding carboxylic acids is 12. The molecule has 11 aromatic rings. The average molecular weight is 1890 g/mol. The number of amides is 12. The first-order valence-electron chi connectivity index (χ1n) is 47.6. The molecule has 7 aromatic carbocycles. The summed E-state index contributed by atoms with van der Waals surface area (Å²) < 4.78 is 12.5. The first-order valence-corrected chi connectivity index (χ1v) is 49.5. The summed E-state index contributed by atoms with van der Waals surface area (Å²) >= 11 is 0. The lowest BCUT2D eigenvalue weighted by molar-refractivity contribution is -0.137. The van der Waals surface area contributed by atoms with E-state index in [1.807, 2.05) is 187 Å². The van der Waals surface area contributed by atoms with E-state index >= 15 is 38.4 Å². The molecule has 30 nitrogen and oxygen atoms in total. The summed E-state index contributed by atoms with van der Waals surface area (Å²) in [6, 6.07) is 44.8. The fourth-order valence-electron chi connectivity index (χ4n) is 17.6. The second-order valence-electron chi connectivity index (χ2n) is 39.0. The number of aromatic amines is 4. The molecule has 0 aliphatic heterocycles. The molecule has 0 aliphatic carbocycles. The van der Waals surface area contributed by atoms with Gasteiger partial charge in [0, 0.05) is 101 Å². The van der Waals surface area contributed by atoms with Crippen LogP contribution in [0.3, 0.4) is 0 Å². The minimum absolute atomic E-state index is 0.0148. The predicted octanol–water partition coefficient (Wildman–Crippen LogP) is 10.8. The van der Waals surface area contributed by atoms with Gasteiger partial charge in [-0.15, -0.1) is 0 Å². The Morgan fingerprint density at radius 1 is 0.307 bits per heavy atom. The van der Waals surface area contributed by atoms with Gasteiger partial charge in [-0.1, -0.05) is 268 Å². The Morgan fingerprint density at radius 3 is 0.891 bits per heavy atom. The van der Waals surface area contributed by atoms with E-state index in [0.29, 0.717) is 16.7 Å². The van der Waals surface area contributed by atoms with Crippen molar-refractivity contribution in [3.63, 3.8) is 0 Å².